The summed E-state index contributed by atoms with van der Waals surface area (Å²) in [5, 5.41) is 6.35. The van der Waals surface area contributed by atoms with Gasteiger partial charge in [0.2, 0.25) is 5.91 Å². The van der Waals surface area contributed by atoms with Crippen LogP contribution in [0.25, 0.3) is 0 Å². The topological polar surface area (TPSA) is 54.0 Å². The molecule has 1 fully saturated rings. The number of aromatic nitrogens is 1. The number of thioether (sulfide) groups is 1. The zero-order valence-electron chi connectivity index (χ0n) is 10.4. The van der Waals surface area contributed by atoms with Crippen molar-refractivity contribution in [2.45, 2.75) is 24.6 Å². The van der Waals surface area contributed by atoms with Crippen molar-refractivity contribution >= 4 is 17.7 Å². The van der Waals surface area contributed by atoms with E-state index in [0.717, 1.165) is 37.4 Å². The van der Waals surface area contributed by atoms with Gasteiger partial charge in [0.1, 0.15) is 0 Å². The number of hydrogen-bond donors (Lipinski definition) is 2. The molecule has 2 rings (SSSR count). The van der Waals surface area contributed by atoms with Crippen molar-refractivity contribution < 1.29 is 4.79 Å². The minimum Gasteiger partial charge on any atom is -0.351 e. The second-order valence-electron chi connectivity index (χ2n) is 4.42. The van der Waals surface area contributed by atoms with Crippen LogP contribution in [0, 0.1) is 0 Å². The first kappa shape index (κ1) is 13.4. The average molecular weight is 265 g/mol. The summed E-state index contributed by atoms with van der Waals surface area (Å²) >= 11 is 1.61. The Morgan fingerprint density at radius 2 is 2.50 bits per heavy atom. The highest BCUT2D eigenvalue weighted by Gasteiger charge is 2.14. The SMILES string of the molecule is O=C(CSCc1ccccn1)N[C@H]1CCCNC1. The highest BCUT2D eigenvalue weighted by atomic mass is 32.2. The van der Waals surface area contributed by atoms with Crippen LogP contribution in [0.2, 0.25) is 0 Å². The first-order chi connectivity index (χ1) is 8.84. The summed E-state index contributed by atoms with van der Waals surface area (Å²) in [6.45, 7) is 1.97. The molecule has 0 saturated carbocycles. The van der Waals surface area contributed by atoms with Crippen molar-refractivity contribution in [3.8, 4) is 0 Å². The molecule has 1 amide bonds. The molecule has 1 aromatic heterocycles. The van der Waals surface area contributed by atoms with Gasteiger partial charge < -0.3 is 10.6 Å². The monoisotopic (exact) mass is 265 g/mol. The maximum atomic E-state index is 11.7. The molecule has 5 heteroatoms. The number of nitrogens with zero attached hydrogens (tertiary/aromatic N) is 1. The zero-order chi connectivity index (χ0) is 12.6. The lowest BCUT2D eigenvalue weighted by atomic mass is 10.1. The van der Waals surface area contributed by atoms with Crippen LogP contribution in [0.4, 0.5) is 0 Å². The van der Waals surface area contributed by atoms with E-state index in [1.165, 1.54) is 0 Å². The van der Waals surface area contributed by atoms with Gasteiger partial charge in [-0.05, 0) is 31.5 Å². The van der Waals surface area contributed by atoms with Crippen molar-refractivity contribution in [3.63, 3.8) is 0 Å². The Labute approximate surface area is 112 Å². The number of carbonyl (C=O) groups excluding carboxylic acids is 1. The van der Waals surface area contributed by atoms with Crippen molar-refractivity contribution in [2.75, 3.05) is 18.8 Å². The van der Waals surface area contributed by atoms with Gasteiger partial charge in [0.25, 0.3) is 0 Å². The third-order valence-corrected chi connectivity index (χ3v) is 3.84. The van der Waals surface area contributed by atoms with E-state index >= 15 is 0 Å². The molecule has 0 spiro atoms. The maximum absolute atomic E-state index is 11.7. The van der Waals surface area contributed by atoms with Crippen LogP contribution in [-0.2, 0) is 10.5 Å². The summed E-state index contributed by atoms with van der Waals surface area (Å²) < 4.78 is 0. The maximum Gasteiger partial charge on any atom is 0.230 e. The smallest absolute Gasteiger partial charge is 0.230 e. The van der Waals surface area contributed by atoms with Gasteiger partial charge in [-0.2, -0.15) is 0 Å². The van der Waals surface area contributed by atoms with E-state index in [1.807, 2.05) is 18.2 Å². The summed E-state index contributed by atoms with van der Waals surface area (Å²) in [5.41, 5.74) is 1.02. The predicted octanol–water partition coefficient (Wildman–Crippen LogP) is 1.18. The summed E-state index contributed by atoms with van der Waals surface area (Å²) in [7, 11) is 0. The van der Waals surface area contributed by atoms with Gasteiger partial charge in [-0.25, -0.2) is 0 Å². The Balaban J connectivity index is 1.62. The lowest BCUT2D eigenvalue weighted by Crippen LogP contribution is -2.46. The van der Waals surface area contributed by atoms with Crippen molar-refractivity contribution in [2.24, 2.45) is 0 Å². The largest absolute Gasteiger partial charge is 0.351 e. The molecule has 1 aliphatic rings. The Morgan fingerprint density at radius 3 is 3.22 bits per heavy atom. The van der Waals surface area contributed by atoms with Crippen LogP contribution in [0.5, 0.6) is 0 Å². The molecule has 4 nitrogen and oxygen atoms in total. The molecular formula is C13H19N3OS. The van der Waals surface area contributed by atoms with E-state index in [-0.39, 0.29) is 5.91 Å². The number of carbonyl (C=O) groups is 1. The van der Waals surface area contributed by atoms with Crippen LogP contribution in [0.15, 0.2) is 24.4 Å². The van der Waals surface area contributed by atoms with Crippen LogP contribution < -0.4 is 10.6 Å². The van der Waals surface area contributed by atoms with Crippen molar-refractivity contribution in [1.82, 2.24) is 15.6 Å². The quantitative estimate of drug-likeness (QED) is 0.839. The van der Waals surface area contributed by atoms with Crippen LogP contribution in [-0.4, -0.2) is 35.8 Å². The molecule has 1 saturated heterocycles. The first-order valence-electron chi connectivity index (χ1n) is 6.32. The molecule has 2 heterocycles. The number of nitrogens with one attached hydrogen (secondary N) is 2. The Kier molecular flexibility index (Phi) is 5.48. The van der Waals surface area contributed by atoms with Gasteiger partial charge in [-0.1, -0.05) is 6.07 Å². The van der Waals surface area contributed by atoms with E-state index in [1.54, 1.807) is 18.0 Å². The molecule has 98 valence electrons. The van der Waals surface area contributed by atoms with E-state index < -0.39 is 0 Å². The fourth-order valence-corrected chi connectivity index (χ4v) is 2.73. The molecular weight excluding hydrogens is 246 g/mol. The zero-order valence-corrected chi connectivity index (χ0v) is 11.2. The molecule has 1 atom stereocenters. The third kappa shape index (κ3) is 4.66. The normalized spacial score (nSPS) is 19.4. The van der Waals surface area contributed by atoms with Crippen molar-refractivity contribution in [1.29, 1.82) is 0 Å². The second-order valence-corrected chi connectivity index (χ2v) is 5.41. The Bertz CT molecular complexity index is 366. The molecule has 0 bridgehead atoms. The lowest BCUT2D eigenvalue weighted by molar-refractivity contribution is -0.119. The molecule has 18 heavy (non-hydrogen) atoms. The number of rotatable bonds is 5. The molecule has 0 unspecified atom stereocenters. The molecule has 0 aromatic carbocycles. The Morgan fingerprint density at radius 1 is 1.56 bits per heavy atom. The van der Waals surface area contributed by atoms with E-state index in [9.17, 15) is 4.79 Å². The van der Waals surface area contributed by atoms with Crippen LogP contribution in [0.1, 0.15) is 18.5 Å². The van der Waals surface area contributed by atoms with Crippen LogP contribution in [0.3, 0.4) is 0 Å². The fraction of sp³-hybridized carbons (Fsp3) is 0.538. The Hall–Kier alpha value is -1.07. The van der Waals surface area contributed by atoms with E-state index in [0.29, 0.717) is 11.8 Å². The van der Waals surface area contributed by atoms with Gasteiger partial charge in [0, 0.05) is 24.5 Å². The van der Waals surface area contributed by atoms with Crippen molar-refractivity contribution in [3.05, 3.63) is 30.1 Å². The molecule has 2 N–H and O–H groups in total. The third-order valence-electron chi connectivity index (χ3n) is 2.87. The van der Waals surface area contributed by atoms with Gasteiger partial charge in [0.05, 0.1) is 11.4 Å². The standard InChI is InChI=1S/C13H19N3OS/c17-13(16-11-5-3-6-14-8-11)10-18-9-12-4-1-2-7-15-12/h1-2,4,7,11,14H,3,5-6,8-10H2,(H,16,17)/t11-/m0/s1. The summed E-state index contributed by atoms with van der Waals surface area (Å²) in [6, 6.07) is 6.16. The van der Waals surface area contributed by atoms with Gasteiger partial charge in [0.15, 0.2) is 0 Å². The number of hydrogen-bond acceptors (Lipinski definition) is 4. The molecule has 1 aliphatic heterocycles. The van der Waals surface area contributed by atoms with Crippen LogP contribution >= 0.6 is 11.8 Å². The molecule has 1 aromatic rings. The molecule has 0 radical (unpaired) electrons. The van der Waals surface area contributed by atoms with E-state index in [2.05, 4.69) is 15.6 Å². The molecule has 0 aliphatic carbocycles. The number of pyridine rings is 1. The van der Waals surface area contributed by atoms with Gasteiger partial charge in [-0.15, -0.1) is 11.8 Å². The average Bonchev–Trinajstić information content (AvgIpc) is 2.41. The minimum absolute atomic E-state index is 0.129. The number of piperidine rings is 1. The second kappa shape index (κ2) is 7.38. The highest BCUT2D eigenvalue weighted by Crippen LogP contribution is 2.09. The lowest BCUT2D eigenvalue weighted by Gasteiger charge is -2.23. The summed E-state index contributed by atoms with van der Waals surface area (Å²) in [4.78, 5) is 16.0. The highest BCUT2D eigenvalue weighted by molar-refractivity contribution is 7.99. The summed E-state index contributed by atoms with van der Waals surface area (Å²) in [6.07, 6.45) is 4.01. The van der Waals surface area contributed by atoms with Gasteiger partial charge in [-0.3, -0.25) is 9.78 Å². The number of amides is 1. The van der Waals surface area contributed by atoms with E-state index in [4.69, 9.17) is 0 Å². The minimum atomic E-state index is 0.129. The fourth-order valence-electron chi connectivity index (χ4n) is 1.98. The van der Waals surface area contributed by atoms with Gasteiger partial charge >= 0.3 is 0 Å². The first-order valence-corrected chi connectivity index (χ1v) is 7.48. The summed E-state index contributed by atoms with van der Waals surface area (Å²) in [5.74, 6) is 1.43. The predicted molar refractivity (Wildman–Crippen MR) is 74.4 cm³/mol.